The summed E-state index contributed by atoms with van der Waals surface area (Å²) in [6.07, 6.45) is 8.28. The molecule has 1 aliphatic rings. The van der Waals surface area contributed by atoms with Gasteiger partial charge in [-0.05, 0) is 41.6 Å². The third kappa shape index (κ3) is 2.86. The monoisotopic (exact) mass is 303 g/mol. The highest BCUT2D eigenvalue weighted by Crippen LogP contribution is 2.25. The number of halogens is 2. The molecule has 2 rings (SSSR count). The molecule has 0 radical (unpaired) electrons. The van der Waals surface area contributed by atoms with Crippen LogP contribution in [-0.4, -0.2) is 28.4 Å². The fourth-order valence-electron chi connectivity index (χ4n) is 2.17. The number of hydrogen-bond donors (Lipinski definition) is 0. The van der Waals surface area contributed by atoms with E-state index in [0.717, 1.165) is 35.7 Å². The number of hydrogen-bond acceptors (Lipinski definition) is 3. The van der Waals surface area contributed by atoms with E-state index < -0.39 is 0 Å². The first-order valence-corrected chi connectivity index (χ1v) is 6.94. The number of aromatic nitrogens is 2. The van der Waals surface area contributed by atoms with Crippen LogP contribution in [0, 0.1) is 0 Å². The zero-order valence-corrected chi connectivity index (χ0v) is 11.4. The van der Waals surface area contributed by atoms with Crippen LogP contribution in [0.5, 0.6) is 0 Å². The maximum atomic E-state index is 5.74. The van der Waals surface area contributed by atoms with Gasteiger partial charge in [0.05, 0.1) is 4.47 Å². The summed E-state index contributed by atoms with van der Waals surface area (Å²) in [6.45, 7) is 1.06. The van der Waals surface area contributed by atoms with E-state index in [0.29, 0.717) is 6.04 Å². The average Bonchev–Trinajstić information content (AvgIpc) is 2.75. The molecule has 1 unspecified atom stereocenters. The van der Waals surface area contributed by atoms with Gasteiger partial charge in [0.15, 0.2) is 0 Å². The van der Waals surface area contributed by atoms with Crippen molar-refractivity contribution in [3.8, 4) is 0 Å². The zero-order chi connectivity index (χ0) is 11.4. The van der Waals surface area contributed by atoms with Crippen molar-refractivity contribution < 1.29 is 0 Å². The molecule has 0 aromatic carbocycles. The maximum Gasteiger partial charge on any atom is 0.225 e. The molecule has 1 aromatic heterocycles. The van der Waals surface area contributed by atoms with Crippen molar-refractivity contribution in [3.05, 3.63) is 16.9 Å². The van der Waals surface area contributed by atoms with E-state index >= 15 is 0 Å². The van der Waals surface area contributed by atoms with E-state index in [4.69, 9.17) is 11.6 Å². The van der Waals surface area contributed by atoms with E-state index in [9.17, 15) is 0 Å². The fourth-order valence-corrected chi connectivity index (χ4v) is 2.52. The van der Waals surface area contributed by atoms with Gasteiger partial charge >= 0.3 is 0 Å². The maximum absolute atomic E-state index is 5.74. The molecule has 0 aliphatic carbocycles. The van der Waals surface area contributed by atoms with Crippen molar-refractivity contribution in [1.29, 1.82) is 0 Å². The topological polar surface area (TPSA) is 29.0 Å². The standard InChI is InChI=1S/C11H15BrClN3/c12-9-7-14-11(15-8-9)16-6-2-4-10(16)3-1-5-13/h7-8,10H,1-6H2. The first-order valence-electron chi connectivity index (χ1n) is 5.61. The highest BCUT2D eigenvalue weighted by atomic mass is 79.9. The summed E-state index contributed by atoms with van der Waals surface area (Å²) in [7, 11) is 0. The summed E-state index contributed by atoms with van der Waals surface area (Å²) in [5.74, 6) is 1.59. The molecular formula is C11H15BrClN3. The number of anilines is 1. The third-order valence-electron chi connectivity index (χ3n) is 2.91. The fraction of sp³-hybridized carbons (Fsp3) is 0.636. The minimum atomic E-state index is 0.569. The predicted molar refractivity (Wildman–Crippen MR) is 70.1 cm³/mol. The Kier molecular flexibility index (Phi) is 4.41. The first-order chi connectivity index (χ1) is 7.81. The van der Waals surface area contributed by atoms with Crippen LogP contribution in [0.25, 0.3) is 0 Å². The number of rotatable bonds is 4. The minimum absolute atomic E-state index is 0.569. The second-order valence-electron chi connectivity index (χ2n) is 4.02. The summed E-state index contributed by atoms with van der Waals surface area (Å²) < 4.78 is 0.924. The van der Waals surface area contributed by atoms with Crippen molar-refractivity contribution in [3.63, 3.8) is 0 Å². The summed E-state index contributed by atoms with van der Waals surface area (Å²) in [4.78, 5) is 11.0. The lowest BCUT2D eigenvalue weighted by molar-refractivity contribution is 0.594. The molecule has 1 atom stereocenters. The van der Waals surface area contributed by atoms with E-state index in [1.54, 1.807) is 12.4 Å². The third-order valence-corrected chi connectivity index (χ3v) is 3.59. The van der Waals surface area contributed by atoms with Crippen LogP contribution in [0.2, 0.25) is 0 Å². The van der Waals surface area contributed by atoms with Crippen molar-refractivity contribution in [1.82, 2.24) is 9.97 Å². The molecule has 1 saturated heterocycles. The average molecular weight is 305 g/mol. The molecule has 3 nitrogen and oxygen atoms in total. The SMILES string of the molecule is ClCCCC1CCCN1c1ncc(Br)cn1. The van der Waals surface area contributed by atoms with Gasteiger partial charge < -0.3 is 4.90 Å². The van der Waals surface area contributed by atoms with E-state index in [2.05, 4.69) is 30.8 Å². The van der Waals surface area contributed by atoms with Gasteiger partial charge in [0.1, 0.15) is 0 Å². The van der Waals surface area contributed by atoms with Crippen molar-refractivity contribution in [2.45, 2.75) is 31.7 Å². The van der Waals surface area contributed by atoms with Gasteiger partial charge in [-0.15, -0.1) is 11.6 Å². The molecule has 1 aliphatic heterocycles. The van der Waals surface area contributed by atoms with Crippen LogP contribution < -0.4 is 4.90 Å². The zero-order valence-electron chi connectivity index (χ0n) is 9.07. The molecule has 88 valence electrons. The molecule has 0 saturated carbocycles. The van der Waals surface area contributed by atoms with Crippen LogP contribution in [0.1, 0.15) is 25.7 Å². The Bertz CT molecular complexity index is 331. The second kappa shape index (κ2) is 5.82. The smallest absolute Gasteiger partial charge is 0.225 e. The van der Waals surface area contributed by atoms with Crippen molar-refractivity contribution in [2.24, 2.45) is 0 Å². The van der Waals surface area contributed by atoms with E-state index in [1.807, 2.05) is 0 Å². The van der Waals surface area contributed by atoms with E-state index in [1.165, 1.54) is 12.8 Å². The van der Waals surface area contributed by atoms with Crippen LogP contribution >= 0.6 is 27.5 Å². The lowest BCUT2D eigenvalue weighted by Gasteiger charge is -2.24. The second-order valence-corrected chi connectivity index (χ2v) is 5.32. The molecule has 2 heterocycles. The molecular weight excluding hydrogens is 289 g/mol. The molecule has 0 spiro atoms. The largest absolute Gasteiger partial charge is 0.338 e. The minimum Gasteiger partial charge on any atom is -0.338 e. The summed E-state index contributed by atoms with van der Waals surface area (Å²) >= 11 is 9.09. The predicted octanol–water partition coefficient (Wildman–Crippen LogP) is 3.23. The van der Waals surface area contributed by atoms with Gasteiger partial charge in [-0.2, -0.15) is 0 Å². The van der Waals surface area contributed by atoms with E-state index in [-0.39, 0.29) is 0 Å². The van der Waals surface area contributed by atoms with Gasteiger partial charge in [-0.3, -0.25) is 0 Å². The quantitative estimate of drug-likeness (QED) is 0.800. The lowest BCUT2D eigenvalue weighted by Crippen LogP contribution is -2.30. The normalized spacial score (nSPS) is 20.4. The Morgan fingerprint density at radius 2 is 2.19 bits per heavy atom. The van der Waals surface area contributed by atoms with Crippen molar-refractivity contribution >= 4 is 33.5 Å². The van der Waals surface area contributed by atoms with Gasteiger partial charge in [0.25, 0.3) is 0 Å². The van der Waals surface area contributed by atoms with Gasteiger partial charge in [-0.1, -0.05) is 0 Å². The Morgan fingerprint density at radius 3 is 2.88 bits per heavy atom. The molecule has 5 heteroatoms. The number of nitrogens with zero attached hydrogens (tertiary/aromatic N) is 3. The highest BCUT2D eigenvalue weighted by molar-refractivity contribution is 9.10. The number of alkyl halides is 1. The van der Waals surface area contributed by atoms with Gasteiger partial charge in [0, 0.05) is 30.9 Å². The lowest BCUT2D eigenvalue weighted by atomic mass is 10.1. The van der Waals surface area contributed by atoms with Crippen LogP contribution in [0.4, 0.5) is 5.95 Å². The first kappa shape index (κ1) is 12.1. The van der Waals surface area contributed by atoms with Crippen LogP contribution in [0.3, 0.4) is 0 Å². The van der Waals surface area contributed by atoms with Crippen LogP contribution in [-0.2, 0) is 0 Å². The van der Waals surface area contributed by atoms with Crippen molar-refractivity contribution in [2.75, 3.05) is 17.3 Å². The summed E-state index contributed by atoms with van der Waals surface area (Å²) in [6, 6.07) is 0.569. The summed E-state index contributed by atoms with van der Waals surface area (Å²) in [5.41, 5.74) is 0. The van der Waals surface area contributed by atoms with Gasteiger partial charge in [0.2, 0.25) is 5.95 Å². The summed E-state index contributed by atoms with van der Waals surface area (Å²) in [5, 5.41) is 0. The Balaban J connectivity index is 2.04. The molecule has 0 bridgehead atoms. The van der Waals surface area contributed by atoms with Crippen LogP contribution in [0.15, 0.2) is 16.9 Å². The molecule has 1 aromatic rings. The highest BCUT2D eigenvalue weighted by Gasteiger charge is 2.25. The molecule has 16 heavy (non-hydrogen) atoms. The Labute approximate surface area is 109 Å². The van der Waals surface area contributed by atoms with Gasteiger partial charge in [-0.25, -0.2) is 9.97 Å². The Hall–Kier alpha value is -0.350. The molecule has 0 amide bonds. The molecule has 1 fully saturated rings. The molecule has 0 N–H and O–H groups in total. The Morgan fingerprint density at radius 1 is 1.44 bits per heavy atom.